The molecule has 3 heterocycles. The van der Waals surface area contributed by atoms with Gasteiger partial charge in [0.05, 0.1) is 11.4 Å². The number of aryl methyl sites for hydroxylation is 3. The van der Waals surface area contributed by atoms with E-state index < -0.39 is 38.5 Å². The van der Waals surface area contributed by atoms with Crippen LogP contribution in [0.15, 0.2) is 24.4 Å². The zero-order valence-electron chi connectivity index (χ0n) is 21.7. The van der Waals surface area contributed by atoms with Crippen molar-refractivity contribution >= 4 is 50.7 Å². The minimum atomic E-state index is -3.16. The normalized spacial score (nSPS) is 12.5. The van der Waals surface area contributed by atoms with Crippen LogP contribution in [0.5, 0.6) is 0 Å². The van der Waals surface area contributed by atoms with E-state index in [1.807, 2.05) is 0 Å². The van der Waals surface area contributed by atoms with Gasteiger partial charge in [-0.15, -0.1) is 23.2 Å². The maximum atomic E-state index is 14.9. The van der Waals surface area contributed by atoms with Gasteiger partial charge in [0.25, 0.3) is 5.91 Å². The van der Waals surface area contributed by atoms with Gasteiger partial charge < -0.3 is 10.6 Å². The number of nitrogens with zero attached hydrogens (tertiary/aromatic N) is 4. The SMILES string of the molecule is Cc1n[nH]c(C)c1-c1ccc(NC(=O)[C@H](CCCC(Cl)Cl)NC(=O)c2ccnn2CCCS(C)(=O)=O)nc1F. The summed E-state index contributed by atoms with van der Waals surface area (Å²) in [7, 11) is -3.16. The highest BCUT2D eigenvalue weighted by Crippen LogP contribution is 2.28. The van der Waals surface area contributed by atoms with Crippen LogP contribution in [-0.4, -0.2) is 68.1 Å². The van der Waals surface area contributed by atoms with Crippen molar-refractivity contribution in [2.24, 2.45) is 0 Å². The number of sulfone groups is 1. The molecule has 0 radical (unpaired) electrons. The van der Waals surface area contributed by atoms with Crippen LogP contribution < -0.4 is 10.6 Å². The second-order valence-corrected chi connectivity index (χ2v) is 12.6. The number of pyridine rings is 1. The summed E-state index contributed by atoms with van der Waals surface area (Å²) in [6.07, 6.45) is 3.81. The number of anilines is 1. The van der Waals surface area contributed by atoms with Gasteiger partial charge in [-0.05, 0) is 57.7 Å². The van der Waals surface area contributed by atoms with Crippen molar-refractivity contribution in [3.05, 3.63) is 47.4 Å². The fourth-order valence-electron chi connectivity index (χ4n) is 4.01. The Hall–Kier alpha value is -3.03. The summed E-state index contributed by atoms with van der Waals surface area (Å²) >= 11 is 11.6. The number of hydrogen-bond donors (Lipinski definition) is 3. The third-order valence-corrected chi connectivity index (χ3v) is 7.34. The molecular formula is C24H30Cl2FN7O4S. The van der Waals surface area contributed by atoms with E-state index in [0.717, 1.165) is 6.26 Å². The van der Waals surface area contributed by atoms with Crippen LogP contribution in [0.2, 0.25) is 0 Å². The first kappa shape index (κ1) is 30.5. The van der Waals surface area contributed by atoms with Crippen LogP contribution >= 0.6 is 23.2 Å². The van der Waals surface area contributed by atoms with Gasteiger partial charge in [0.1, 0.15) is 32.2 Å². The van der Waals surface area contributed by atoms with Crippen molar-refractivity contribution in [3.8, 4) is 11.1 Å². The third kappa shape index (κ3) is 8.73. The molecular weight excluding hydrogens is 572 g/mol. The quantitative estimate of drug-likeness (QED) is 0.200. The van der Waals surface area contributed by atoms with Gasteiger partial charge in [0.2, 0.25) is 11.9 Å². The number of alkyl halides is 2. The first-order valence-corrected chi connectivity index (χ1v) is 15.1. The predicted molar refractivity (Wildman–Crippen MR) is 147 cm³/mol. The van der Waals surface area contributed by atoms with Crippen molar-refractivity contribution in [3.63, 3.8) is 0 Å². The average molecular weight is 603 g/mol. The summed E-state index contributed by atoms with van der Waals surface area (Å²) in [5.41, 5.74) is 2.28. The molecule has 39 heavy (non-hydrogen) atoms. The van der Waals surface area contributed by atoms with Crippen LogP contribution in [0.3, 0.4) is 0 Å². The number of carbonyl (C=O) groups is 2. The van der Waals surface area contributed by atoms with Gasteiger partial charge in [-0.2, -0.15) is 14.6 Å². The Morgan fingerprint density at radius 3 is 2.51 bits per heavy atom. The van der Waals surface area contributed by atoms with E-state index in [4.69, 9.17) is 23.2 Å². The molecule has 15 heteroatoms. The summed E-state index contributed by atoms with van der Waals surface area (Å²) < 4.78 is 39.1. The van der Waals surface area contributed by atoms with Crippen molar-refractivity contribution in [2.45, 2.75) is 57.0 Å². The second-order valence-electron chi connectivity index (χ2n) is 9.10. The molecule has 3 rings (SSSR count). The van der Waals surface area contributed by atoms with Crippen LogP contribution in [0, 0.1) is 19.8 Å². The smallest absolute Gasteiger partial charge is 0.270 e. The Morgan fingerprint density at radius 1 is 1.15 bits per heavy atom. The molecule has 0 saturated carbocycles. The number of amides is 2. The number of carbonyl (C=O) groups excluding carboxylic acids is 2. The molecule has 0 aliphatic heterocycles. The number of aromatic amines is 1. The molecule has 11 nitrogen and oxygen atoms in total. The van der Waals surface area contributed by atoms with Gasteiger partial charge in [0, 0.05) is 35.8 Å². The number of halogens is 3. The van der Waals surface area contributed by atoms with E-state index in [1.165, 1.54) is 29.1 Å². The largest absolute Gasteiger partial charge is 0.339 e. The Labute approximate surface area is 235 Å². The summed E-state index contributed by atoms with van der Waals surface area (Å²) in [6, 6.07) is 3.41. The van der Waals surface area contributed by atoms with Gasteiger partial charge in [-0.1, -0.05) is 0 Å². The molecule has 0 aliphatic carbocycles. The Bertz CT molecular complexity index is 1410. The van der Waals surface area contributed by atoms with Gasteiger partial charge in [-0.25, -0.2) is 13.4 Å². The van der Waals surface area contributed by atoms with Crippen molar-refractivity contribution in [1.29, 1.82) is 0 Å². The van der Waals surface area contributed by atoms with E-state index in [0.29, 0.717) is 29.8 Å². The van der Waals surface area contributed by atoms with E-state index in [2.05, 4.69) is 30.9 Å². The third-order valence-electron chi connectivity index (χ3n) is 5.87. The molecule has 0 saturated heterocycles. The highest BCUT2D eigenvalue weighted by molar-refractivity contribution is 7.90. The van der Waals surface area contributed by atoms with Crippen LogP contribution in [-0.2, 0) is 21.2 Å². The molecule has 1 atom stereocenters. The maximum absolute atomic E-state index is 14.9. The van der Waals surface area contributed by atoms with Crippen molar-refractivity contribution < 1.29 is 22.4 Å². The summed E-state index contributed by atoms with van der Waals surface area (Å²) in [4.78, 5) is 29.4. The fourth-order valence-corrected chi connectivity index (χ4v) is 4.97. The molecule has 2 amide bonds. The highest BCUT2D eigenvalue weighted by Gasteiger charge is 2.24. The Kier molecular flexibility index (Phi) is 10.4. The van der Waals surface area contributed by atoms with Crippen molar-refractivity contribution in [1.82, 2.24) is 30.3 Å². The minimum Gasteiger partial charge on any atom is -0.339 e. The number of nitrogens with one attached hydrogen (secondary N) is 3. The molecule has 0 bridgehead atoms. The second kappa shape index (κ2) is 13.4. The van der Waals surface area contributed by atoms with Gasteiger partial charge in [-0.3, -0.25) is 19.4 Å². The highest BCUT2D eigenvalue weighted by atomic mass is 35.5. The monoisotopic (exact) mass is 601 g/mol. The predicted octanol–water partition coefficient (Wildman–Crippen LogP) is 3.57. The lowest BCUT2D eigenvalue weighted by Gasteiger charge is -2.19. The van der Waals surface area contributed by atoms with Gasteiger partial charge in [0.15, 0.2) is 0 Å². The molecule has 0 spiro atoms. The fraction of sp³-hybridized carbons (Fsp3) is 0.458. The lowest BCUT2D eigenvalue weighted by atomic mass is 10.1. The molecule has 0 fully saturated rings. The Morgan fingerprint density at radius 2 is 1.90 bits per heavy atom. The molecule has 3 aromatic heterocycles. The molecule has 3 aromatic rings. The lowest BCUT2D eigenvalue weighted by Crippen LogP contribution is -2.44. The number of H-pyrrole nitrogens is 1. The zero-order chi connectivity index (χ0) is 28.7. The van der Waals surface area contributed by atoms with Crippen LogP contribution in [0.4, 0.5) is 10.2 Å². The maximum Gasteiger partial charge on any atom is 0.270 e. The average Bonchev–Trinajstić information content (AvgIpc) is 3.44. The zero-order valence-corrected chi connectivity index (χ0v) is 24.0. The number of hydrogen-bond acceptors (Lipinski definition) is 7. The van der Waals surface area contributed by atoms with E-state index >= 15 is 0 Å². The molecule has 0 unspecified atom stereocenters. The van der Waals surface area contributed by atoms with Crippen LogP contribution in [0.25, 0.3) is 11.1 Å². The first-order valence-electron chi connectivity index (χ1n) is 12.1. The van der Waals surface area contributed by atoms with Crippen molar-refractivity contribution in [2.75, 3.05) is 17.3 Å². The molecule has 3 N–H and O–H groups in total. The van der Waals surface area contributed by atoms with E-state index in [1.54, 1.807) is 13.8 Å². The molecule has 0 aromatic carbocycles. The topological polar surface area (TPSA) is 152 Å². The number of aromatic nitrogens is 5. The van der Waals surface area contributed by atoms with E-state index in [-0.39, 0.29) is 42.2 Å². The number of rotatable bonds is 13. The summed E-state index contributed by atoms with van der Waals surface area (Å²) in [5.74, 6) is -2.06. The first-order chi connectivity index (χ1) is 18.4. The lowest BCUT2D eigenvalue weighted by molar-refractivity contribution is -0.118. The minimum absolute atomic E-state index is 0.0299. The Balaban J connectivity index is 1.74. The van der Waals surface area contributed by atoms with Gasteiger partial charge >= 0.3 is 0 Å². The molecule has 212 valence electrons. The summed E-state index contributed by atoms with van der Waals surface area (Å²) in [5, 5.41) is 16.2. The standard InChI is InChI=1S/C24H30Cl2FN7O4S/c1-14-21(15(2)33-32-14)16-8-9-20(30-22(16)27)31-23(35)17(6-4-7-19(25)26)29-24(36)18-10-11-28-34(18)12-5-13-39(3,37)38/h8-11,17,19H,4-7,12-13H2,1-3H3,(H,29,36)(H,32,33)(H,30,31,35)/t17-/m0/s1. The van der Waals surface area contributed by atoms with E-state index in [9.17, 15) is 22.4 Å². The summed E-state index contributed by atoms with van der Waals surface area (Å²) in [6.45, 7) is 3.71. The molecule has 0 aliphatic rings. The van der Waals surface area contributed by atoms with Crippen LogP contribution in [0.1, 0.15) is 47.6 Å².